The van der Waals surface area contributed by atoms with Gasteiger partial charge < -0.3 is 0 Å². The van der Waals surface area contributed by atoms with Crippen LogP contribution in [0, 0.1) is 0 Å². The van der Waals surface area contributed by atoms with Crippen molar-refractivity contribution in [2.45, 2.75) is 109 Å². The highest BCUT2D eigenvalue weighted by Crippen LogP contribution is 2.22. The molecule has 0 spiro atoms. The summed E-state index contributed by atoms with van der Waals surface area (Å²) in [5, 5.41) is 0. The predicted molar refractivity (Wildman–Crippen MR) is 109 cm³/mol. The number of hydrogen-bond donors (Lipinski definition) is 0. The van der Waals surface area contributed by atoms with Gasteiger partial charge in [-0.2, -0.15) is 0 Å². The standard InChI is InChI=1S/C21H43NSi/c1-5-17-23(18-6-2)19-20(3)21(4)22-15-13-11-9-7-8-10-12-14-16-22/h21,23H,3,5-19H2,1-2,4H3. The average molecular weight is 338 g/mol. The molecule has 23 heavy (non-hydrogen) atoms. The second-order valence-electron chi connectivity index (χ2n) is 7.85. The van der Waals surface area contributed by atoms with Gasteiger partial charge in [0.2, 0.25) is 0 Å². The van der Waals surface area contributed by atoms with Crippen molar-refractivity contribution in [1.29, 1.82) is 0 Å². The Labute approximate surface area is 148 Å². The van der Waals surface area contributed by atoms with E-state index in [-0.39, 0.29) is 0 Å². The third kappa shape index (κ3) is 9.10. The smallest absolute Gasteiger partial charge is 0.0409 e. The largest absolute Gasteiger partial charge is 0.297 e. The Balaban J connectivity index is 2.51. The molecule has 0 aromatic carbocycles. The average Bonchev–Trinajstić information content (AvgIpc) is 2.60. The first-order valence-corrected chi connectivity index (χ1v) is 13.1. The summed E-state index contributed by atoms with van der Waals surface area (Å²) in [6.07, 6.45) is 14.2. The van der Waals surface area contributed by atoms with E-state index in [1.807, 2.05) is 0 Å². The highest BCUT2D eigenvalue weighted by atomic mass is 28.3. The van der Waals surface area contributed by atoms with Crippen molar-refractivity contribution in [3.63, 3.8) is 0 Å². The van der Waals surface area contributed by atoms with Gasteiger partial charge in [0.1, 0.15) is 0 Å². The monoisotopic (exact) mass is 337 g/mol. The van der Waals surface area contributed by atoms with Crippen molar-refractivity contribution in [2.75, 3.05) is 13.1 Å². The Morgan fingerprint density at radius 1 is 0.870 bits per heavy atom. The van der Waals surface area contributed by atoms with Crippen molar-refractivity contribution >= 4 is 8.80 Å². The first kappa shape index (κ1) is 21.0. The molecule has 2 heteroatoms. The molecular formula is C21H43NSi. The van der Waals surface area contributed by atoms with Crippen LogP contribution in [0.15, 0.2) is 12.2 Å². The van der Waals surface area contributed by atoms with Crippen LogP contribution >= 0.6 is 0 Å². The van der Waals surface area contributed by atoms with Gasteiger partial charge in [-0.15, -0.1) is 0 Å². The minimum Gasteiger partial charge on any atom is -0.297 e. The van der Waals surface area contributed by atoms with Gasteiger partial charge >= 0.3 is 0 Å². The van der Waals surface area contributed by atoms with Gasteiger partial charge in [-0.3, -0.25) is 4.90 Å². The van der Waals surface area contributed by atoms with Crippen LogP contribution in [0.25, 0.3) is 0 Å². The third-order valence-corrected chi connectivity index (χ3v) is 9.61. The fraction of sp³-hybridized carbons (Fsp3) is 0.905. The molecule has 1 atom stereocenters. The van der Waals surface area contributed by atoms with Crippen molar-refractivity contribution in [2.24, 2.45) is 0 Å². The summed E-state index contributed by atoms with van der Waals surface area (Å²) in [5.74, 6) is 0. The molecule has 0 aliphatic carbocycles. The first-order chi connectivity index (χ1) is 11.2. The van der Waals surface area contributed by atoms with Crippen LogP contribution in [0.5, 0.6) is 0 Å². The maximum Gasteiger partial charge on any atom is 0.0409 e. The maximum atomic E-state index is 4.54. The molecule has 0 N–H and O–H groups in total. The van der Waals surface area contributed by atoms with Gasteiger partial charge in [-0.05, 0) is 38.9 Å². The van der Waals surface area contributed by atoms with Gasteiger partial charge in [0.05, 0.1) is 0 Å². The zero-order valence-corrected chi connectivity index (χ0v) is 17.6. The fourth-order valence-electron chi connectivity index (χ4n) is 4.15. The highest BCUT2D eigenvalue weighted by molar-refractivity contribution is 6.59. The molecule has 1 saturated heterocycles. The van der Waals surface area contributed by atoms with E-state index in [1.54, 1.807) is 5.57 Å². The molecule has 1 heterocycles. The van der Waals surface area contributed by atoms with Gasteiger partial charge in [0.25, 0.3) is 0 Å². The van der Waals surface area contributed by atoms with E-state index in [0.717, 1.165) is 0 Å². The molecule has 1 nitrogen and oxygen atoms in total. The summed E-state index contributed by atoms with van der Waals surface area (Å²) in [5.41, 5.74) is 1.55. The number of hydrogen-bond acceptors (Lipinski definition) is 1. The molecule has 1 fully saturated rings. The highest BCUT2D eigenvalue weighted by Gasteiger charge is 2.19. The second-order valence-corrected chi connectivity index (χ2v) is 11.1. The minimum atomic E-state index is -0.572. The summed E-state index contributed by atoms with van der Waals surface area (Å²) < 4.78 is 0. The summed E-state index contributed by atoms with van der Waals surface area (Å²) in [7, 11) is -0.572. The molecule has 0 bridgehead atoms. The number of rotatable bonds is 8. The molecule has 1 aliphatic heterocycles. The van der Waals surface area contributed by atoms with Gasteiger partial charge in [-0.25, -0.2) is 0 Å². The molecule has 0 amide bonds. The molecule has 136 valence electrons. The lowest BCUT2D eigenvalue weighted by molar-refractivity contribution is 0.224. The van der Waals surface area contributed by atoms with Gasteiger partial charge in [-0.1, -0.05) is 89.5 Å². The van der Waals surface area contributed by atoms with E-state index in [2.05, 4.69) is 32.3 Å². The first-order valence-electron chi connectivity index (χ1n) is 10.6. The molecule has 1 rings (SSSR count). The van der Waals surface area contributed by atoms with Crippen molar-refractivity contribution < 1.29 is 0 Å². The Hall–Kier alpha value is -0.0831. The molecule has 1 unspecified atom stereocenters. The molecule has 0 radical (unpaired) electrons. The van der Waals surface area contributed by atoms with Crippen LogP contribution in [0.2, 0.25) is 18.1 Å². The topological polar surface area (TPSA) is 3.24 Å². The zero-order valence-electron chi connectivity index (χ0n) is 16.4. The maximum absolute atomic E-state index is 4.54. The Morgan fingerprint density at radius 2 is 1.30 bits per heavy atom. The van der Waals surface area contributed by atoms with Crippen molar-refractivity contribution in [1.82, 2.24) is 4.90 Å². The number of nitrogens with zero attached hydrogens (tertiary/aromatic N) is 1. The van der Waals surface area contributed by atoms with E-state index in [4.69, 9.17) is 0 Å². The zero-order chi connectivity index (χ0) is 16.9. The van der Waals surface area contributed by atoms with E-state index in [9.17, 15) is 0 Å². The molecule has 0 aromatic heterocycles. The van der Waals surface area contributed by atoms with Crippen LogP contribution in [0.4, 0.5) is 0 Å². The Morgan fingerprint density at radius 3 is 1.74 bits per heavy atom. The molecule has 0 aromatic rings. The lowest BCUT2D eigenvalue weighted by atomic mass is 10.1. The van der Waals surface area contributed by atoms with Crippen LogP contribution in [0.3, 0.4) is 0 Å². The lowest BCUT2D eigenvalue weighted by Gasteiger charge is -2.32. The summed E-state index contributed by atoms with van der Waals surface area (Å²) in [4.78, 5) is 2.76. The van der Waals surface area contributed by atoms with Crippen LogP contribution < -0.4 is 0 Å². The van der Waals surface area contributed by atoms with Crippen LogP contribution in [-0.2, 0) is 0 Å². The summed E-state index contributed by atoms with van der Waals surface area (Å²) in [6.45, 7) is 14.3. The predicted octanol–water partition coefficient (Wildman–Crippen LogP) is 6.41. The van der Waals surface area contributed by atoms with E-state index < -0.39 is 8.80 Å². The summed E-state index contributed by atoms with van der Waals surface area (Å²) in [6, 6.07) is 5.03. The lowest BCUT2D eigenvalue weighted by Crippen LogP contribution is -2.37. The third-order valence-electron chi connectivity index (χ3n) is 5.72. The van der Waals surface area contributed by atoms with E-state index >= 15 is 0 Å². The Kier molecular flexibility index (Phi) is 12.1. The van der Waals surface area contributed by atoms with Crippen molar-refractivity contribution in [3.8, 4) is 0 Å². The molecule has 1 aliphatic rings. The Bertz CT molecular complexity index is 284. The van der Waals surface area contributed by atoms with Crippen LogP contribution in [0.1, 0.15) is 85.0 Å². The summed E-state index contributed by atoms with van der Waals surface area (Å²) >= 11 is 0. The van der Waals surface area contributed by atoms with Gasteiger partial charge in [0.15, 0.2) is 0 Å². The fourth-order valence-corrected chi connectivity index (χ4v) is 7.57. The van der Waals surface area contributed by atoms with E-state index in [1.165, 1.54) is 95.4 Å². The second kappa shape index (κ2) is 13.2. The minimum absolute atomic E-state index is 0.572. The SMILES string of the molecule is C=C(C[SiH](CCC)CCC)C(C)N1CCCCCCCCCC1. The van der Waals surface area contributed by atoms with Crippen LogP contribution in [-0.4, -0.2) is 32.8 Å². The van der Waals surface area contributed by atoms with Crippen molar-refractivity contribution in [3.05, 3.63) is 12.2 Å². The molecular weight excluding hydrogens is 294 g/mol. The van der Waals surface area contributed by atoms with E-state index in [0.29, 0.717) is 6.04 Å². The quantitative estimate of drug-likeness (QED) is 0.365. The molecule has 0 saturated carbocycles. The normalized spacial score (nSPS) is 20.2. The van der Waals surface area contributed by atoms with Gasteiger partial charge in [0, 0.05) is 14.8 Å².